The topological polar surface area (TPSA) is 110 Å². The number of nitro groups is 1. The van der Waals surface area contributed by atoms with Gasteiger partial charge in [0.25, 0.3) is 0 Å². The standard InChI is InChI=1S/C20H24N2O7/c1-13-10-16(14(2)21(13)8-5-9-27-3)18(23)12-29-20(24)15-6-7-19(28-4)17(11-15)22(25)26/h6-7,10-11H,5,8-9,12H2,1-4H3. The van der Waals surface area contributed by atoms with E-state index in [4.69, 9.17) is 14.2 Å². The zero-order valence-corrected chi connectivity index (χ0v) is 16.9. The number of Topliss-reactive ketones (excluding diaryl/α,β-unsaturated/α-hetero) is 1. The smallest absolute Gasteiger partial charge is 0.338 e. The van der Waals surface area contributed by atoms with Gasteiger partial charge in [0.2, 0.25) is 5.78 Å². The van der Waals surface area contributed by atoms with Crippen molar-refractivity contribution in [1.82, 2.24) is 4.57 Å². The van der Waals surface area contributed by atoms with Gasteiger partial charge in [-0.25, -0.2) is 4.79 Å². The van der Waals surface area contributed by atoms with Crippen molar-refractivity contribution in [2.24, 2.45) is 0 Å². The molecule has 9 nitrogen and oxygen atoms in total. The Bertz CT molecular complexity index is 918. The average molecular weight is 404 g/mol. The zero-order chi connectivity index (χ0) is 21.6. The first-order chi connectivity index (χ1) is 13.8. The van der Waals surface area contributed by atoms with Gasteiger partial charge in [0.1, 0.15) is 0 Å². The van der Waals surface area contributed by atoms with Crippen molar-refractivity contribution in [3.05, 3.63) is 56.9 Å². The molecule has 0 unspecified atom stereocenters. The zero-order valence-electron chi connectivity index (χ0n) is 16.9. The number of nitrogens with zero attached hydrogens (tertiary/aromatic N) is 2. The average Bonchev–Trinajstić information content (AvgIpc) is 2.99. The maximum atomic E-state index is 12.5. The van der Waals surface area contributed by atoms with Crippen LogP contribution in [-0.2, 0) is 16.0 Å². The van der Waals surface area contributed by atoms with Gasteiger partial charge in [0.05, 0.1) is 17.6 Å². The first-order valence-electron chi connectivity index (χ1n) is 8.98. The molecular weight excluding hydrogens is 380 g/mol. The van der Waals surface area contributed by atoms with E-state index in [1.807, 2.05) is 18.4 Å². The fourth-order valence-electron chi connectivity index (χ4n) is 3.05. The molecule has 0 N–H and O–H groups in total. The van der Waals surface area contributed by atoms with Gasteiger partial charge in [-0.1, -0.05) is 0 Å². The number of nitro benzene ring substituents is 1. The normalized spacial score (nSPS) is 10.6. The number of ether oxygens (including phenoxy) is 3. The maximum Gasteiger partial charge on any atom is 0.338 e. The first-order valence-corrected chi connectivity index (χ1v) is 8.98. The van der Waals surface area contributed by atoms with Crippen LogP contribution in [0.1, 0.15) is 38.5 Å². The van der Waals surface area contributed by atoms with Crippen LogP contribution in [0.4, 0.5) is 5.69 Å². The fourth-order valence-corrected chi connectivity index (χ4v) is 3.05. The first kappa shape index (κ1) is 22.1. The molecule has 0 amide bonds. The molecule has 0 atom stereocenters. The second-order valence-corrected chi connectivity index (χ2v) is 6.43. The summed E-state index contributed by atoms with van der Waals surface area (Å²) >= 11 is 0. The summed E-state index contributed by atoms with van der Waals surface area (Å²) in [7, 11) is 2.93. The molecule has 9 heteroatoms. The number of rotatable bonds is 10. The number of ketones is 1. The van der Waals surface area contributed by atoms with E-state index in [2.05, 4.69) is 0 Å². The van der Waals surface area contributed by atoms with Crippen molar-refractivity contribution in [2.45, 2.75) is 26.8 Å². The summed E-state index contributed by atoms with van der Waals surface area (Å²) in [5.41, 5.74) is 1.82. The highest BCUT2D eigenvalue weighted by Crippen LogP contribution is 2.27. The minimum Gasteiger partial charge on any atom is -0.490 e. The molecule has 156 valence electrons. The highest BCUT2D eigenvalue weighted by Gasteiger charge is 2.21. The minimum atomic E-state index is -0.821. The van der Waals surface area contributed by atoms with Crippen LogP contribution >= 0.6 is 0 Å². The van der Waals surface area contributed by atoms with E-state index in [0.29, 0.717) is 18.7 Å². The summed E-state index contributed by atoms with van der Waals surface area (Å²) in [5.74, 6) is -1.13. The van der Waals surface area contributed by atoms with Gasteiger partial charge in [-0.3, -0.25) is 14.9 Å². The Morgan fingerprint density at radius 3 is 2.52 bits per heavy atom. The number of hydrogen-bond donors (Lipinski definition) is 0. The summed E-state index contributed by atoms with van der Waals surface area (Å²) in [6, 6.07) is 5.48. The maximum absolute atomic E-state index is 12.5. The Morgan fingerprint density at radius 2 is 1.90 bits per heavy atom. The number of carbonyl (C=O) groups is 2. The van der Waals surface area contributed by atoms with Crippen LogP contribution in [-0.4, -0.2) is 48.7 Å². The van der Waals surface area contributed by atoms with E-state index >= 15 is 0 Å². The molecular formula is C20H24N2O7. The number of hydrogen-bond acceptors (Lipinski definition) is 7. The van der Waals surface area contributed by atoms with E-state index in [9.17, 15) is 19.7 Å². The summed E-state index contributed by atoms with van der Waals surface area (Å²) in [6.07, 6.45) is 0.811. The van der Waals surface area contributed by atoms with Crippen molar-refractivity contribution in [3.63, 3.8) is 0 Å². The highest BCUT2D eigenvalue weighted by molar-refractivity contribution is 6.00. The predicted octanol–water partition coefficient (Wildman–Crippen LogP) is 3.10. The van der Waals surface area contributed by atoms with E-state index in [-0.39, 0.29) is 22.8 Å². The lowest BCUT2D eigenvalue weighted by atomic mass is 10.1. The van der Waals surface area contributed by atoms with E-state index < -0.39 is 17.5 Å². The Kier molecular flexibility index (Phi) is 7.49. The SMILES string of the molecule is COCCCn1c(C)cc(C(=O)COC(=O)c2ccc(OC)c([N+](=O)[O-])c2)c1C. The molecule has 2 rings (SSSR count). The molecule has 0 bridgehead atoms. The Hall–Kier alpha value is -3.20. The van der Waals surface area contributed by atoms with Gasteiger partial charge in [0, 0.05) is 43.3 Å². The summed E-state index contributed by atoms with van der Waals surface area (Å²) < 4.78 is 17.0. The quantitative estimate of drug-likeness (QED) is 0.197. The Balaban J connectivity index is 2.07. The van der Waals surface area contributed by atoms with Crippen LogP contribution in [0.5, 0.6) is 5.75 Å². The molecule has 29 heavy (non-hydrogen) atoms. The number of aryl methyl sites for hydroxylation is 1. The number of methoxy groups -OCH3 is 2. The Morgan fingerprint density at radius 1 is 1.17 bits per heavy atom. The summed E-state index contributed by atoms with van der Waals surface area (Å²) in [5, 5.41) is 11.1. The van der Waals surface area contributed by atoms with Crippen LogP contribution in [0, 0.1) is 24.0 Å². The van der Waals surface area contributed by atoms with Crippen molar-refractivity contribution < 1.29 is 28.7 Å². The summed E-state index contributed by atoms with van der Waals surface area (Å²) in [4.78, 5) is 35.2. The van der Waals surface area contributed by atoms with Gasteiger partial charge in [-0.2, -0.15) is 0 Å². The predicted molar refractivity (Wildman–Crippen MR) is 105 cm³/mol. The molecule has 0 aliphatic rings. The molecule has 0 aliphatic heterocycles. The van der Waals surface area contributed by atoms with Crippen LogP contribution in [0.25, 0.3) is 0 Å². The lowest BCUT2D eigenvalue weighted by molar-refractivity contribution is -0.385. The van der Waals surface area contributed by atoms with Gasteiger partial charge in [-0.15, -0.1) is 0 Å². The third kappa shape index (κ3) is 5.20. The van der Waals surface area contributed by atoms with Crippen LogP contribution in [0.2, 0.25) is 0 Å². The van der Waals surface area contributed by atoms with Gasteiger partial charge < -0.3 is 18.8 Å². The number of benzene rings is 1. The fraction of sp³-hybridized carbons (Fsp3) is 0.400. The molecule has 0 fully saturated rings. The van der Waals surface area contributed by atoms with Crippen molar-refractivity contribution in [2.75, 3.05) is 27.4 Å². The lowest BCUT2D eigenvalue weighted by Crippen LogP contribution is -2.15. The largest absolute Gasteiger partial charge is 0.490 e. The third-order valence-corrected chi connectivity index (χ3v) is 4.55. The lowest BCUT2D eigenvalue weighted by Gasteiger charge is -2.09. The van der Waals surface area contributed by atoms with Crippen molar-refractivity contribution in [1.29, 1.82) is 0 Å². The summed E-state index contributed by atoms with van der Waals surface area (Å²) in [6.45, 7) is 4.61. The molecule has 2 aromatic rings. The molecule has 0 saturated carbocycles. The molecule has 0 aliphatic carbocycles. The van der Waals surface area contributed by atoms with E-state index in [0.717, 1.165) is 23.9 Å². The number of esters is 1. The monoisotopic (exact) mass is 404 g/mol. The number of aromatic nitrogens is 1. The van der Waals surface area contributed by atoms with E-state index in [1.54, 1.807) is 13.2 Å². The van der Waals surface area contributed by atoms with Gasteiger partial charge in [-0.05, 0) is 38.5 Å². The van der Waals surface area contributed by atoms with Crippen LogP contribution in [0.3, 0.4) is 0 Å². The Labute approximate surface area is 168 Å². The highest BCUT2D eigenvalue weighted by atomic mass is 16.6. The third-order valence-electron chi connectivity index (χ3n) is 4.55. The molecule has 0 spiro atoms. The van der Waals surface area contributed by atoms with Gasteiger partial charge >= 0.3 is 11.7 Å². The molecule has 0 saturated heterocycles. The molecule has 1 heterocycles. The minimum absolute atomic E-state index is 0.0311. The van der Waals surface area contributed by atoms with E-state index in [1.165, 1.54) is 19.2 Å². The van der Waals surface area contributed by atoms with Crippen LogP contribution < -0.4 is 4.74 Å². The van der Waals surface area contributed by atoms with Gasteiger partial charge in [0.15, 0.2) is 12.4 Å². The molecule has 1 aromatic heterocycles. The second kappa shape index (κ2) is 9.83. The number of carbonyl (C=O) groups excluding carboxylic acids is 2. The molecule has 0 radical (unpaired) electrons. The second-order valence-electron chi connectivity index (χ2n) is 6.43. The molecule has 1 aromatic carbocycles. The van der Waals surface area contributed by atoms with Crippen molar-refractivity contribution >= 4 is 17.4 Å². The van der Waals surface area contributed by atoms with Crippen molar-refractivity contribution in [3.8, 4) is 5.75 Å². The van der Waals surface area contributed by atoms with Crippen LogP contribution in [0.15, 0.2) is 24.3 Å².